The molecule has 0 amide bonds. The number of esters is 1. The molecule has 0 heterocycles. The highest BCUT2D eigenvalue weighted by Crippen LogP contribution is 2.19. The van der Waals surface area contributed by atoms with Gasteiger partial charge in [-0.15, -0.1) is 0 Å². The number of methoxy groups -OCH3 is 1. The standard InChI is InChI=1S/C17H17NO3/c1-21-17(20)12-18-11-16(19)15-9-7-14(8-10-15)13-5-3-2-4-6-13/h2-10,18H,11-12H2,1H3. The number of nitrogens with one attached hydrogen (secondary N) is 1. The minimum Gasteiger partial charge on any atom is -0.468 e. The molecule has 2 aromatic rings. The second-order valence-corrected chi connectivity index (χ2v) is 4.55. The molecule has 0 aliphatic carbocycles. The van der Waals surface area contributed by atoms with Crippen LogP contribution in [0.25, 0.3) is 11.1 Å². The Morgan fingerprint density at radius 3 is 2.14 bits per heavy atom. The van der Waals surface area contributed by atoms with Crippen molar-refractivity contribution in [1.29, 1.82) is 0 Å². The van der Waals surface area contributed by atoms with Crippen molar-refractivity contribution >= 4 is 11.8 Å². The van der Waals surface area contributed by atoms with Gasteiger partial charge >= 0.3 is 5.97 Å². The maximum absolute atomic E-state index is 11.9. The van der Waals surface area contributed by atoms with Crippen LogP contribution in [-0.2, 0) is 9.53 Å². The molecular formula is C17H17NO3. The van der Waals surface area contributed by atoms with E-state index in [0.717, 1.165) is 11.1 Å². The van der Waals surface area contributed by atoms with Gasteiger partial charge in [-0.05, 0) is 11.1 Å². The average molecular weight is 283 g/mol. The largest absolute Gasteiger partial charge is 0.468 e. The number of rotatable bonds is 6. The lowest BCUT2D eigenvalue weighted by Gasteiger charge is -2.05. The SMILES string of the molecule is COC(=O)CNCC(=O)c1ccc(-c2ccccc2)cc1. The first-order valence-electron chi connectivity index (χ1n) is 6.67. The third-order valence-corrected chi connectivity index (χ3v) is 3.10. The van der Waals surface area contributed by atoms with Gasteiger partial charge in [-0.1, -0.05) is 54.6 Å². The molecule has 108 valence electrons. The van der Waals surface area contributed by atoms with Crippen LogP contribution >= 0.6 is 0 Å². The van der Waals surface area contributed by atoms with Crippen LogP contribution in [0.5, 0.6) is 0 Å². The van der Waals surface area contributed by atoms with Crippen LogP contribution in [0.3, 0.4) is 0 Å². The van der Waals surface area contributed by atoms with Crippen molar-refractivity contribution in [3.63, 3.8) is 0 Å². The predicted molar refractivity (Wildman–Crippen MR) is 81.1 cm³/mol. The van der Waals surface area contributed by atoms with Crippen molar-refractivity contribution in [2.75, 3.05) is 20.2 Å². The summed E-state index contributed by atoms with van der Waals surface area (Å²) in [5, 5.41) is 2.76. The Morgan fingerprint density at radius 2 is 1.52 bits per heavy atom. The van der Waals surface area contributed by atoms with Crippen molar-refractivity contribution in [3.8, 4) is 11.1 Å². The van der Waals surface area contributed by atoms with Crippen molar-refractivity contribution in [1.82, 2.24) is 5.32 Å². The molecule has 0 radical (unpaired) electrons. The molecule has 0 atom stereocenters. The molecule has 2 aromatic carbocycles. The minimum atomic E-state index is -0.387. The molecule has 0 saturated heterocycles. The summed E-state index contributed by atoms with van der Waals surface area (Å²) in [6.45, 7) is 0.143. The lowest BCUT2D eigenvalue weighted by Crippen LogP contribution is -2.29. The van der Waals surface area contributed by atoms with E-state index < -0.39 is 0 Å². The Bertz CT molecular complexity index is 606. The van der Waals surface area contributed by atoms with Gasteiger partial charge in [-0.3, -0.25) is 14.9 Å². The molecule has 0 spiro atoms. The van der Waals surface area contributed by atoms with Gasteiger partial charge in [0.25, 0.3) is 0 Å². The van der Waals surface area contributed by atoms with Crippen molar-refractivity contribution in [3.05, 3.63) is 60.2 Å². The van der Waals surface area contributed by atoms with Gasteiger partial charge in [-0.2, -0.15) is 0 Å². The van der Waals surface area contributed by atoms with Crippen LogP contribution in [0.1, 0.15) is 10.4 Å². The summed E-state index contributed by atoms with van der Waals surface area (Å²) in [4.78, 5) is 22.9. The Balaban J connectivity index is 1.96. The van der Waals surface area contributed by atoms with Gasteiger partial charge in [0, 0.05) is 5.56 Å². The van der Waals surface area contributed by atoms with Crippen LogP contribution < -0.4 is 5.32 Å². The smallest absolute Gasteiger partial charge is 0.319 e. The maximum Gasteiger partial charge on any atom is 0.319 e. The highest BCUT2D eigenvalue weighted by atomic mass is 16.5. The quantitative estimate of drug-likeness (QED) is 0.653. The summed E-state index contributed by atoms with van der Waals surface area (Å²) < 4.78 is 4.49. The van der Waals surface area contributed by atoms with Gasteiger partial charge in [0.05, 0.1) is 20.2 Å². The highest BCUT2D eigenvalue weighted by Gasteiger charge is 2.07. The third-order valence-electron chi connectivity index (χ3n) is 3.10. The first-order chi connectivity index (χ1) is 10.2. The molecule has 0 unspecified atom stereocenters. The first-order valence-corrected chi connectivity index (χ1v) is 6.67. The zero-order chi connectivity index (χ0) is 15.1. The van der Waals surface area contributed by atoms with E-state index in [2.05, 4.69) is 10.1 Å². The Kier molecular flexibility index (Phi) is 5.23. The molecular weight excluding hydrogens is 266 g/mol. The summed E-state index contributed by atoms with van der Waals surface area (Å²) in [6.07, 6.45) is 0. The van der Waals surface area contributed by atoms with E-state index in [1.807, 2.05) is 42.5 Å². The molecule has 0 aliphatic heterocycles. The Hall–Kier alpha value is -2.46. The van der Waals surface area contributed by atoms with Crippen molar-refractivity contribution in [2.24, 2.45) is 0 Å². The van der Waals surface area contributed by atoms with Crippen LogP contribution in [-0.4, -0.2) is 32.0 Å². The number of benzene rings is 2. The van der Waals surface area contributed by atoms with Gasteiger partial charge < -0.3 is 4.74 Å². The third kappa shape index (κ3) is 4.26. The van der Waals surface area contributed by atoms with Crippen LogP contribution in [0, 0.1) is 0 Å². The van der Waals surface area contributed by atoms with E-state index >= 15 is 0 Å². The van der Waals surface area contributed by atoms with E-state index in [1.54, 1.807) is 12.1 Å². The molecule has 0 bridgehead atoms. The Morgan fingerprint density at radius 1 is 0.905 bits per heavy atom. The van der Waals surface area contributed by atoms with Crippen molar-refractivity contribution < 1.29 is 14.3 Å². The van der Waals surface area contributed by atoms with Gasteiger partial charge in [0.2, 0.25) is 0 Å². The van der Waals surface area contributed by atoms with Crippen LogP contribution in [0.2, 0.25) is 0 Å². The number of carbonyl (C=O) groups is 2. The number of hydrogen-bond donors (Lipinski definition) is 1. The zero-order valence-corrected chi connectivity index (χ0v) is 11.8. The minimum absolute atomic E-state index is 0.0321. The zero-order valence-electron chi connectivity index (χ0n) is 11.8. The van der Waals surface area contributed by atoms with E-state index in [4.69, 9.17) is 0 Å². The fraction of sp³-hybridized carbons (Fsp3) is 0.176. The van der Waals surface area contributed by atoms with Gasteiger partial charge in [0.15, 0.2) is 5.78 Å². The lowest BCUT2D eigenvalue weighted by atomic mass is 10.0. The molecule has 21 heavy (non-hydrogen) atoms. The second-order valence-electron chi connectivity index (χ2n) is 4.55. The lowest BCUT2D eigenvalue weighted by molar-refractivity contribution is -0.139. The molecule has 0 fully saturated rings. The molecule has 0 aliphatic rings. The number of Topliss-reactive ketones (excluding diaryl/α,β-unsaturated/α-hetero) is 1. The normalized spacial score (nSPS) is 10.1. The fourth-order valence-electron chi connectivity index (χ4n) is 1.93. The number of carbonyl (C=O) groups excluding carboxylic acids is 2. The molecule has 4 heteroatoms. The van der Waals surface area contributed by atoms with E-state index in [1.165, 1.54) is 7.11 Å². The molecule has 4 nitrogen and oxygen atoms in total. The molecule has 2 rings (SSSR count). The topological polar surface area (TPSA) is 55.4 Å². The van der Waals surface area contributed by atoms with Gasteiger partial charge in [0.1, 0.15) is 0 Å². The van der Waals surface area contributed by atoms with E-state index in [9.17, 15) is 9.59 Å². The monoisotopic (exact) mass is 283 g/mol. The summed E-state index contributed by atoms with van der Waals surface area (Å²) in [6, 6.07) is 17.4. The highest BCUT2D eigenvalue weighted by molar-refractivity contribution is 5.98. The summed E-state index contributed by atoms with van der Waals surface area (Å²) in [5.41, 5.74) is 2.79. The summed E-state index contributed by atoms with van der Waals surface area (Å²) >= 11 is 0. The summed E-state index contributed by atoms with van der Waals surface area (Å²) in [5.74, 6) is -0.444. The average Bonchev–Trinajstić information content (AvgIpc) is 2.55. The predicted octanol–water partition coefficient (Wildman–Crippen LogP) is 2.30. The number of ketones is 1. The number of ether oxygens (including phenoxy) is 1. The van der Waals surface area contributed by atoms with E-state index in [0.29, 0.717) is 5.56 Å². The van der Waals surface area contributed by atoms with Gasteiger partial charge in [-0.25, -0.2) is 0 Å². The first kappa shape index (κ1) is 14.9. The summed E-state index contributed by atoms with van der Waals surface area (Å²) in [7, 11) is 1.31. The van der Waals surface area contributed by atoms with Crippen molar-refractivity contribution in [2.45, 2.75) is 0 Å². The second kappa shape index (κ2) is 7.36. The molecule has 1 N–H and O–H groups in total. The molecule has 0 saturated carbocycles. The van der Waals surface area contributed by atoms with E-state index in [-0.39, 0.29) is 24.8 Å². The van der Waals surface area contributed by atoms with Crippen LogP contribution in [0.15, 0.2) is 54.6 Å². The molecule has 0 aromatic heterocycles. The fourth-order valence-corrected chi connectivity index (χ4v) is 1.93. The maximum atomic E-state index is 11.9. The number of hydrogen-bond acceptors (Lipinski definition) is 4. The van der Waals surface area contributed by atoms with Crippen LogP contribution in [0.4, 0.5) is 0 Å². The Labute approximate surface area is 123 Å².